The molecule has 6 N–H and O–H groups in total. The average molecular weight is 529 g/mol. The minimum Gasteiger partial charge on any atom is -0.480 e. The van der Waals surface area contributed by atoms with Crippen LogP contribution >= 0.6 is 0 Å². The highest BCUT2D eigenvalue weighted by Gasteiger charge is 2.22. The first-order chi connectivity index (χ1) is 17.6. The second-order valence-electron chi connectivity index (χ2n) is 8.31. The van der Waals surface area contributed by atoms with Crippen LogP contribution in [0.1, 0.15) is 12.8 Å². The number of carboxylic acids is 3. The lowest BCUT2D eigenvalue weighted by Gasteiger charge is -2.26. The van der Waals surface area contributed by atoms with Crippen molar-refractivity contribution >= 4 is 35.6 Å². The zero-order valence-electron chi connectivity index (χ0n) is 20.7. The van der Waals surface area contributed by atoms with Crippen molar-refractivity contribution in [3.63, 3.8) is 0 Å². The molecular weight excluding hydrogens is 492 g/mol. The van der Waals surface area contributed by atoms with Crippen molar-refractivity contribution in [2.24, 2.45) is 0 Å². The predicted octanol–water partition coefficient (Wildman–Crippen LogP) is -3.16. The van der Waals surface area contributed by atoms with Crippen molar-refractivity contribution in [3.05, 3.63) is 12.2 Å². The molecule has 0 bridgehead atoms. The first-order valence-electron chi connectivity index (χ1n) is 11.9. The van der Waals surface area contributed by atoms with Gasteiger partial charge in [-0.25, -0.2) is 0 Å². The third-order valence-corrected chi connectivity index (χ3v) is 5.25. The van der Waals surface area contributed by atoms with Crippen molar-refractivity contribution in [2.75, 3.05) is 78.5 Å². The molecule has 0 fully saturated rings. The third-order valence-electron chi connectivity index (χ3n) is 5.25. The average Bonchev–Trinajstić information content (AvgIpc) is 3.13. The Labute approximate surface area is 214 Å². The van der Waals surface area contributed by atoms with Gasteiger partial charge in [-0.3, -0.25) is 43.5 Å². The molecule has 1 heterocycles. The first kappa shape index (κ1) is 31.6. The largest absolute Gasteiger partial charge is 0.480 e. The molecule has 0 radical (unpaired) electrons. The first-order valence-corrected chi connectivity index (χ1v) is 11.9. The molecule has 1 aliphatic rings. The van der Waals surface area contributed by atoms with Crippen LogP contribution < -0.4 is 16.0 Å². The molecule has 15 heteroatoms. The molecule has 3 amide bonds. The van der Waals surface area contributed by atoms with Crippen molar-refractivity contribution in [1.82, 2.24) is 30.7 Å². The smallest absolute Gasteiger partial charge is 0.317 e. The summed E-state index contributed by atoms with van der Waals surface area (Å²) in [6.45, 7) is 1.63. The van der Waals surface area contributed by atoms with Crippen LogP contribution in [0.3, 0.4) is 0 Å². The van der Waals surface area contributed by atoms with E-state index >= 15 is 0 Å². The summed E-state index contributed by atoms with van der Waals surface area (Å²) in [5, 5.41) is 35.2. The van der Waals surface area contributed by atoms with Gasteiger partial charge in [0.15, 0.2) is 0 Å². The van der Waals surface area contributed by atoms with E-state index in [1.54, 1.807) is 9.80 Å². The zero-order chi connectivity index (χ0) is 27.6. The number of carbonyl (C=O) groups is 6. The van der Waals surface area contributed by atoms with Gasteiger partial charge in [0.05, 0.1) is 26.2 Å². The fraction of sp³-hybridized carbons (Fsp3) is 0.636. The number of unbranched alkanes of at least 4 members (excludes halogenated alkanes) is 1. The van der Waals surface area contributed by atoms with Gasteiger partial charge in [-0.05, 0) is 12.8 Å². The predicted molar refractivity (Wildman–Crippen MR) is 130 cm³/mol. The van der Waals surface area contributed by atoms with Crippen molar-refractivity contribution in [3.8, 4) is 0 Å². The fourth-order valence-corrected chi connectivity index (χ4v) is 3.41. The lowest BCUT2D eigenvalue weighted by Crippen LogP contribution is -2.45. The van der Waals surface area contributed by atoms with E-state index in [1.165, 1.54) is 12.2 Å². The molecule has 0 unspecified atom stereocenters. The molecule has 0 saturated heterocycles. The highest BCUT2D eigenvalue weighted by Crippen LogP contribution is 2.05. The maximum atomic E-state index is 12.0. The Morgan fingerprint density at radius 3 is 1.70 bits per heavy atom. The van der Waals surface area contributed by atoms with Crippen molar-refractivity contribution in [2.45, 2.75) is 12.8 Å². The molecule has 0 atom stereocenters. The summed E-state index contributed by atoms with van der Waals surface area (Å²) >= 11 is 0. The molecule has 0 saturated carbocycles. The number of rotatable bonds is 22. The normalized spacial score (nSPS) is 13.1. The van der Waals surface area contributed by atoms with E-state index in [1.807, 2.05) is 0 Å². The standard InChI is InChI=1S/C22H36N6O9/c29-17(25-5-1-2-8-28-18(30)3-4-19(28)31)13-23-6-9-26(15-21(34)35)11-12-27(16-22(36)37)10-7-24-14-20(32)33/h3-4,23-24H,1-2,5-16H2,(H,25,29)(H,32,33)(H,34,35)(H,36,37). The van der Waals surface area contributed by atoms with Crippen LogP contribution in [0.5, 0.6) is 0 Å². The van der Waals surface area contributed by atoms with Gasteiger partial charge in [-0.15, -0.1) is 0 Å². The topological polar surface area (TPSA) is 209 Å². The number of carboxylic acid groups (broad SMARTS) is 3. The van der Waals surface area contributed by atoms with Gasteiger partial charge >= 0.3 is 17.9 Å². The van der Waals surface area contributed by atoms with E-state index in [4.69, 9.17) is 15.3 Å². The van der Waals surface area contributed by atoms with Gasteiger partial charge in [0.1, 0.15) is 0 Å². The van der Waals surface area contributed by atoms with Gasteiger partial charge in [0.2, 0.25) is 5.91 Å². The summed E-state index contributed by atoms with van der Waals surface area (Å²) in [6.07, 6.45) is 3.60. The summed E-state index contributed by atoms with van der Waals surface area (Å²) in [6, 6.07) is 0. The van der Waals surface area contributed by atoms with Crippen LogP contribution in [0.4, 0.5) is 0 Å². The third kappa shape index (κ3) is 15.3. The quantitative estimate of drug-likeness (QED) is 0.0606. The Kier molecular flexibility index (Phi) is 15.3. The molecular formula is C22H36N6O9. The number of hydrogen-bond donors (Lipinski definition) is 6. The summed E-state index contributed by atoms with van der Waals surface area (Å²) in [5.74, 6) is -4.04. The van der Waals surface area contributed by atoms with Gasteiger partial charge < -0.3 is 31.3 Å². The van der Waals surface area contributed by atoms with Crippen LogP contribution in [-0.2, 0) is 28.8 Å². The molecule has 0 aromatic carbocycles. The maximum Gasteiger partial charge on any atom is 0.317 e. The van der Waals surface area contributed by atoms with Gasteiger partial charge in [-0.2, -0.15) is 0 Å². The number of aliphatic carboxylic acids is 3. The molecule has 0 aliphatic carbocycles. The maximum absolute atomic E-state index is 12.0. The van der Waals surface area contributed by atoms with Crippen LogP contribution in [0, 0.1) is 0 Å². The highest BCUT2D eigenvalue weighted by atomic mass is 16.4. The summed E-state index contributed by atoms with van der Waals surface area (Å²) < 4.78 is 0. The zero-order valence-corrected chi connectivity index (χ0v) is 20.7. The molecule has 15 nitrogen and oxygen atoms in total. The Morgan fingerprint density at radius 1 is 0.703 bits per heavy atom. The van der Waals surface area contributed by atoms with Crippen molar-refractivity contribution < 1.29 is 44.1 Å². The number of imide groups is 1. The molecule has 0 aromatic rings. The van der Waals surface area contributed by atoms with E-state index in [2.05, 4.69) is 16.0 Å². The minimum absolute atomic E-state index is 0.0221. The molecule has 37 heavy (non-hydrogen) atoms. The van der Waals surface area contributed by atoms with Crippen LogP contribution in [0.15, 0.2) is 12.2 Å². The van der Waals surface area contributed by atoms with Gasteiger partial charge in [0, 0.05) is 64.5 Å². The second kappa shape index (κ2) is 17.9. The second-order valence-corrected chi connectivity index (χ2v) is 8.31. The van der Waals surface area contributed by atoms with Crippen LogP contribution in [0.25, 0.3) is 0 Å². The number of hydrogen-bond acceptors (Lipinski definition) is 10. The molecule has 1 rings (SSSR count). The van der Waals surface area contributed by atoms with Crippen LogP contribution in [-0.4, -0.2) is 144 Å². The summed E-state index contributed by atoms with van der Waals surface area (Å²) in [4.78, 5) is 72.1. The lowest BCUT2D eigenvalue weighted by molar-refractivity contribution is -0.140. The van der Waals surface area contributed by atoms with Crippen LogP contribution in [0.2, 0.25) is 0 Å². The fourth-order valence-electron chi connectivity index (χ4n) is 3.41. The molecule has 1 aliphatic heterocycles. The Morgan fingerprint density at radius 2 is 1.22 bits per heavy atom. The molecule has 0 spiro atoms. The molecule has 0 aromatic heterocycles. The SMILES string of the molecule is O=C(O)CNCCN(CCN(CCNCC(=O)NCCCCN1C(=O)C=CC1=O)CC(=O)O)CC(=O)O. The summed E-state index contributed by atoms with van der Waals surface area (Å²) in [5.41, 5.74) is 0. The van der Waals surface area contributed by atoms with E-state index in [9.17, 15) is 28.8 Å². The van der Waals surface area contributed by atoms with E-state index in [-0.39, 0.29) is 70.1 Å². The Balaban J connectivity index is 2.27. The molecule has 208 valence electrons. The lowest BCUT2D eigenvalue weighted by atomic mass is 10.3. The minimum atomic E-state index is -1.05. The van der Waals surface area contributed by atoms with E-state index < -0.39 is 17.9 Å². The Hall–Kier alpha value is -3.40. The van der Waals surface area contributed by atoms with E-state index in [0.29, 0.717) is 39.0 Å². The van der Waals surface area contributed by atoms with E-state index in [0.717, 1.165) is 4.90 Å². The number of nitrogens with zero attached hydrogens (tertiary/aromatic N) is 3. The highest BCUT2D eigenvalue weighted by molar-refractivity contribution is 6.12. The monoisotopic (exact) mass is 528 g/mol. The number of carbonyl (C=O) groups excluding carboxylic acids is 3. The van der Waals surface area contributed by atoms with Gasteiger partial charge in [-0.1, -0.05) is 0 Å². The number of nitrogens with one attached hydrogen (secondary N) is 3. The van der Waals surface area contributed by atoms with Crippen molar-refractivity contribution in [1.29, 1.82) is 0 Å². The summed E-state index contributed by atoms with van der Waals surface area (Å²) in [7, 11) is 0. The Bertz CT molecular complexity index is 817. The van der Waals surface area contributed by atoms with Gasteiger partial charge in [0.25, 0.3) is 11.8 Å². The number of amides is 3.